The minimum absolute atomic E-state index is 0.303. The first-order valence-electron chi connectivity index (χ1n) is 6.19. The van der Waals surface area contributed by atoms with Gasteiger partial charge in [-0.1, -0.05) is 6.92 Å². The van der Waals surface area contributed by atoms with Crippen LogP contribution >= 0.6 is 43.2 Å². The lowest BCUT2D eigenvalue weighted by Gasteiger charge is -2.17. The van der Waals surface area contributed by atoms with Gasteiger partial charge < -0.3 is 5.32 Å². The highest BCUT2D eigenvalue weighted by molar-refractivity contribution is 9.12. The number of aryl methyl sites for hydroxylation is 2. The number of thiophene rings is 1. The summed E-state index contributed by atoms with van der Waals surface area (Å²) in [5.41, 5.74) is 3.62. The molecule has 1 unspecified atom stereocenters. The van der Waals surface area contributed by atoms with Crippen molar-refractivity contribution in [1.29, 1.82) is 0 Å². The van der Waals surface area contributed by atoms with Crippen molar-refractivity contribution in [3.63, 3.8) is 0 Å². The highest BCUT2D eigenvalue weighted by atomic mass is 79.9. The molecule has 1 N–H and O–H groups in total. The van der Waals surface area contributed by atoms with Crippen LogP contribution in [0, 0.1) is 6.92 Å². The van der Waals surface area contributed by atoms with Crippen LogP contribution in [-0.4, -0.2) is 16.3 Å². The fraction of sp³-hybridized carbons (Fsp3) is 0.462. The van der Waals surface area contributed by atoms with Crippen molar-refractivity contribution in [1.82, 2.24) is 15.1 Å². The van der Waals surface area contributed by atoms with Crippen molar-refractivity contribution in [2.75, 3.05) is 6.54 Å². The number of aromatic nitrogens is 2. The average Bonchev–Trinajstić information content (AvgIpc) is 2.81. The first-order valence-corrected chi connectivity index (χ1v) is 8.59. The number of nitrogens with zero attached hydrogens (tertiary/aromatic N) is 2. The van der Waals surface area contributed by atoms with Gasteiger partial charge in [0.05, 0.1) is 13.3 Å². The zero-order chi connectivity index (χ0) is 14.0. The van der Waals surface area contributed by atoms with Crippen molar-refractivity contribution >= 4 is 43.2 Å². The van der Waals surface area contributed by atoms with Gasteiger partial charge in [-0.05, 0) is 63.0 Å². The van der Waals surface area contributed by atoms with E-state index in [4.69, 9.17) is 0 Å². The second-order valence-electron chi connectivity index (χ2n) is 4.49. The summed E-state index contributed by atoms with van der Waals surface area (Å²) < 4.78 is 4.30. The van der Waals surface area contributed by atoms with E-state index in [1.807, 2.05) is 18.7 Å². The maximum atomic E-state index is 4.42. The van der Waals surface area contributed by atoms with Gasteiger partial charge in [0.15, 0.2) is 0 Å². The molecule has 2 aromatic heterocycles. The molecule has 2 aromatic rings. The van der Waals surface area contributed by atoms with E-state index in [2.05, 4.69) is 61.3 Å². The van der Waals surface area contributed by atoms with E-state index in [9.17, 15) is 0 Å². The molecule has 0 radical (unpaired) electrons. The molecule has 2 rings (SSSR count). The van der Waals surface area contributed by atoms with Crippen molar-refractivity contribution in [2.45, 2.75) is 26.3 Å². The van der Waals surface area contributed by atoms with Gasteiger partial charge in [0.1, 0.15) is 0 Å². The quantitative estimate of drug-likeness (QED) is 0.805. The molecule has 0 spiro atoms. The largest absolute Gasteiger partial charge is 0.310 e. The van der Waals surface area contributed by atoms with Crippen molar-refractivity contribution in [2.24, 2.45) is 7.05 Å². The molecule has 6 heteroatoms. The molecule has 2 heterocycles. The molecule has 0 aromatic carbocycles. The van der Waals surface area contributed by atoms with Crippen LogP contribution in [-0.2, 0) is 13.5 Å². The Bertz CT molecular complexity index is 562. The van der Waals surface area contributed by atoms with Gasteiger partial charge in [-0.15, -0.1) is 11.3 Å². The molecule has 1 atom stereocenters. The van der Waals surface area contributed by atoms with Gasteiger partial charge >= 0.3 is 0 Å². The van der Waals surface area contributed by atoms with Crippen LogP contribution in [0.3, 0.4) is 0 Å². The zero-order valence-electron chi connectivity index (χ0n) is 11.2. The second kappa shape index (κ2) is 6.52. The van der Waals surface area contributed by atoms with Gasteiger partial charge in [0.2, 0.25) is 0 Å². The first-order chi connectivity index (χ1) is 9.01. The lowest BCUT2D eigenvalue weighted by atomic mass is 10.0. The fourth-order valence-corrected chi connectivity index (χ4v) is 5.17. The van der Waals surface area contributed by atoms with E-state index < -0.39 is 0 Å². The van der Waals surface area contributed by atoms with Gasteiger partial charge in [-0.3, -0.25) is 4.68 Å². The summed E-state index contributed by atoms with van der Waals surface area (Å²) in [6, 6.07) is 4.64. The van der Waals surface area contributed by atoms with Crippen LogP contribution in [0.25, 0.3) is 0 Å². The Balaban J connectivity index is 2.26. The maximum Gasteiger partial charge on any atom is 0.0758 e. The van der Waals surface area contributed by atoms with Crippen LogP contribution in [0.4, 0.5) is 0 Å². The zero-order valence-corrected chi connectivity index (χ0v) is 15.2. The van der Waals surface area contributed by atoms with Crippen LogP contribution in [0.5, 0.6) is 0 Å². The first kappa shape index (κ1) is 15.2. The molecule has 0 aliphatic rings. The predicted molar refractivity (Wildman–Crippen MR) is 87.8 cm³/mol. The number of nitrogens with one attached hydrogen (secondary N) is 1. The number of likely N-dealkylation sites (N-methyl/N-ethyl adjacent to an activating group) is 1. The van der Waals surface area contributed by atoms with Gasteiger partial charge in [-0.2, -0.15) is 5.10 Å². The fourth-order valence-electron chi connectivity index (χ4n) is 2.19. The van der Waals surface area contributed by atoms with Gasteiger partial charge in [-0.25, -0.2) is 0 Å². The van der Waals surface area contributed by atoms with E-state index in [0.29, 0.717) is 6.04 Å². The summed E-state index contributed by atoms with van der Waals surface area (Å²) >= 11 is 8.91. The Hall–Kier alpha value is -0.170. The van der Waals surface area contributed by atoms with Gasteiger partial charge in [0.25, 0.3) is 0 Å². The van der Waals surface area contributed by atoms with Crippen LogP contribution in [0.1, 0.15) is 29.9 Å². The molecule has 0 aliphatic carbocycles. The van der Waals surface area contributed by atoms with Crippen LogP contribution in [0.15, 0.2) is 19.7 Å². The molecule has 104 valence electrons. The van der Waals surface area contributed by atoms with E-state index >= 15 is 0 Å². The highest BCUT2D eigenvalue weighted by Gasteiger charge is 2.18. The lowest BCUT2D eigenvalue weighted by Crippen LogP contribution is -2.23. The topological polar surface area (TPSA) is 29.9 Å². The Morgan fingerprint density at radius 1 is 1.42 bits per heavy atom. The summed E-state index contributed by atoms with van der Waals surface area (Å²) in [5, 5.41) is 7.97. The molecule has 0 saturated heterocycles. The van der Waals surface area contributed by atoms with Crippen molar-refractivity contribution < 1.29 is 0 Å². The molecular weight excluding hydrogens is 390 g/mol. The summed E-state index contributed by atoms with van der Waals surface area (Å²) in [6.45, 7) is 5.11. The Morgan fingerprint density at radius 3 is 2.63 bits per heavy atom. The Morgan fingerprint density at radius 2 is 2.16 bits per heavy atom. The third kappa shape index (κ3) is 3.68. The minimum atomic E-state index is 0.303. The number of hydrogen-bond donors (Lipinski definition) is 1. The highest BCUT2D eigenvalue weighted by Crippen LogP contribution is 2.36. The molecule has 3 nitrogen and oxygen atoms in total. The lowest BCUT2D eigenvalue weighted by molar-refractivity contribution is 0.528. The number of hydrogen-bond acceptors (Lipinski definition) is 3. The Labute approximate surface area is 134 Å². The molecule has 0 amide bonds. The molecular formula is C13H17Br2N3S. The standard InChI is InChI=1S/C13H17Br2N3S/c1-4-16-11(10-7-12(14)19-13(10)15)6-9-5-8(2)17-18(9)3/h5,7,11,16H,4,6H2,1-3H3. The third-order valence-corrected chi connectivity index (χ3v) is 5.41. The van der Waals surface area contributed by atoms with Crippen LogP contribution < -0.4 is 5.32 Å². The van der Waals surface area contributed by atoms with Crippen LogP contribution in [0.2, 0.25) is 0 Å². The summed E-state index contributed by atoms with van der Waals surface area (Å²) in [5.74, 6) is 0. The smallest absolute Gasteiger partial charge is 0.0758 e. The normalized spacial score (nSPS) is 12.9. The summed E-state index contributed by atoms with van der Waals surface area (Å²) in [6.07, 6.45) is 0.937. The van der Waals surface area contributed by atoms with Crippen molar-refractivity contribution in [3.8, 4) is 0 Å². The van der Waals surface area contributed by atoms with E-state index in [1.165, 1.54) is 15.0 Å². The van der Waals surface area contributed by atoms with E-state index in [1.54, 1.807) is 11.3 Å². The van der Waals surface area contributed by atoms with Gasteiger partial charge in [0, 0.05) is 25.2 Å². The summed E-state index contributed by atoms with van der Waals surface area (Å²) in [7, 11) is 2.00. The number of halogens is 2. The molecule has 19 heavy (non-hydrogen) atoms. The molecule has 0 saturated carbocycles. The van der Waals surface area contributed by atoms with E-state index in [0.717, 1.165) is 22.4 Å². The maximum absolute atomic E-state index is 4.42. The Kier molecular flexibility index (Phi) is 5.22. The molecule has 0 bridgehead atoms. The average molecular weight is 407 g/mol. The minimum Gasteiger partial charge on any atom is -0.310 e. The van der Waals surface area contributed by atoms with E-state index in [-0.39, 0.29) is 0 Å². The molecule has 0 fully saturated rings. The predicted octanol–water partition coefficient (Wildman–Crippen LogP) is 4.21. The monoisotopic (exact) mass is 405 g/mol. The van der Waals surface area contributed by atoms with Crippen molar-refractivity contribution in [3.05, 3.63) is 36.7 Å². The third-order valence-electron chi connectivity index (χ3n) is 3.02. The summed E-state index contributed by atoms with van der Waals surface area (Å²) in [4.78, 5) is 0. The SMILES string of the molecule is CCNC(Cc1cc(C)nn1C)c1cc(Br)sc1Br. The second-order valence-corrected chi connectivity index (χ2v) is 8.24. The number of rotatable bonds is 5. The molecule has 0 aliphatic heterocycles.